The highest BCUT2D eigenvalue weighted by Gasteiger charge is 2.45. The van der Waals surface area contributed by atoms with Gasteiger partial charge in [-0.25, -0.2) is 9.37 Å². The zero-order valence-corrected chi connectivity index (χ0v) is 38.5. The molecular formula is C49H56ClN8O7+. The molecule has 1 unspecified atom stereocenters. The number of fused-ring (bicyclic) bond motifs is 2. The topological polar surface area (TPSA) is 164 Å². The van der Waals surface area contributed by atoms with E-state index in [2.05, 4.69) is 40.6 Å². The summed E-state index contributed by atoms with van der Waals surface area (Å²) in [5, 5.41) is 17.9. The van der Waals surface area contributed by atoms with E-state index in [9.17, 15) is 19.2 Å². The first-order valence-electron chi connectivity index (χ1n) is 22.2. The molecule has 3 amide bonds. The number of esters is 1. The molecule has 2 aromatic heterocycles. The molecule has 0 bridgehead atoms. The number of hydrogen-bond donors (Lipinski definition) is 2. The largest absolute Gasteiger partial charge is 0.494 e. The molecule has 0 spiro atoms. The van der Waals surface area contributed by atoms with Gasteiger partial charge in [0.05, 0.1) is 38.1 Å². The van der Waals surface area contributed by atoms with Crippen LogP contribution in [0, 0.1) is 33.1 Å². The summed E-state index contributed by atoms with van der Waals surface area (Å²) in [5.74, 6) is -1.10. The Morgan fingerprint density at radius 1 is 0.985 bits per heavy atom. The molecule has 2 N–H and O–H groups in total. The van der Waals surface area contributed by atoms with Gasteiger partial charge in [-0.2, -0.15) is 5.10 Å². The maximum atomic E-state index is 13.9. The van der Waals surface area contributed by atoms with Crippen molar-refractivity contribution in [2.24, 2.45) is 0 Å². The lowest BCUT2D eigenvalue weighted by Gasteiger charge is -2.29. The monoisotopic (exact) mass is 903 g/mol. The molecule has 0 radical (unpaired) electrons. The van der Waals surface area contributed by atoms with Crippen LogP contribution in [0.25, 0.3) is 22.0 Å². The van der Waals surface area contributed by atoms with Crippen LogP contribution in [-0.4, -0.2) is 124 Å². The second-order valence-corrected chi connectivity index (χ2v) is 17.4. The molecule has 65 heavy (non-hydrogen) atoms. The zero-order chi connectivity index (χ0) is 46.1. The minimum atomic E-state index is -0.933. The van der Waals surface area contributed by atoms with E-state index < -0.39 is 17.9 Å². The molecule has 3 aliphatic rings. The Morgan fingerprint density at radius 3 is 2.43 bits per heavy atom. The number of amides is 3. The van der Waals surface area contributed by atoms with Gasteiger partial charge in [-0.3, -0.25) is 39.6 Å². The Hall–Kier alpha value is -6.16. The van der Waals surface area contributed by atoms with Crippen molar-refractivity contribution in [1.82, 2.24) is 29.5 Å². The fourth-order valence-electron chi connectivity index (χ4n) is 9.62. The van der Waals surface area contributed by atoms with E-state index >= 15 is 0 Å². The van der Waals surface area contributed by atoms with Crippen molar-refractivity contribution in [1.29, 1.82) is 5.41 Å². The first kappa shape index (κ1) is 45.4. The molecule has 5 heterocycles. The van der Waals surface area contributed by atoms with E-state index in [1.54, 1.807) is 22.8 Å². The maximum Gasteiger partial charge on any atom is 0.354 e. The first-order chi connectivity index (χ1) is 31.3. The highest BCUT2D eigenvalue weighted by molar-refractivity contribution is 6.32. The van der Waals surface area contributed by atoms with Gasteiger partial charge < -0.3 is 18.8 Å². The molecular weight excluding hydrogens is 848 g/mol. The van der Waals surface area contributed by atoms with Gasteiger partial charge in [-0.1, -0.05) is 35.9 Å². The number of para-hydroxylation sites is 1. The van der Waals surface area contributed by atoms with E-state index in [4.69, 9.17) is 36.3 Å². The van der Waals surface area contributed by atoms with Crippen molar-refractivity contribution in [3.63, 3.8) is 0 Å². The Kier molecular flexibility index (Phi) is 13.4. The van der Waals surface area contributed by atoms with Crippen molar-refractivity contribution in [2.45, 2.75) is 78.9 Å². The van der Waals surface area contributed by atoms with Crippen LogP contribution in [0.3, 0.4) is 0 Å². The Balaban J connectivity index is 1.06. The number of nitrogens with zero attached hydrogens (tertiary/aromatic N) is 6. The lowest BCUT2D eigenvalue weighted by atomic mass is 9.98. The number of halogens is 1. The zero-order valence-electron chi connectivity index (χ0n) is 37.7. The average molecular weight is 904 g/mol. The molecule has 3 aliphatic heterocycles. The highest BCUT2D eigenvalue weighted by atomic mass is 35.5. The van der Waals surface area contributed by atoms with Crippen LogP contribution in [0.5, 0.6) is 5.75 Å². The van der Waals surface area contributed by atoms with Crippen LogP contribution < -0.4 is 10.1 Å². The van der Waals surface area contributed by atoms with Gasteiger partial charge in [0.1, 0.15) is 42.1 Å². The number of aromatic nitrogens is 3. The van der Waals surface area contributed by atoms with Gasteiger partial charge in [0.15, 0.2) is 0 Å². The Morgan fingerprint density at radius 2 is 1.71 bits per heavy atom. The molecule has 15 nitrogen and oxygen atoms in total. The number of benzene rings is 3. The number of hydrogen-bond acceptors (Lipinski definition) is 10. The van der Waals surface area contributed by atoms with Gasteiger partial charge in [0.2, 0.25) is 17.5 Å². The molecule has 2 saturated heterocycles. The van der Waals surface area contributed by atoms with Crippen molar-refractivity contribution < 1.29 is 38.0 Å². The Bertz CT molecular complexity index is 2730. The SMILES string of the molecule is C=[N+](CCCn1nc(C)c(-c2cccc3c(CCCOc4cc(C)c(Cl)c(C)c4)c(C(=O)OC)n(CCN4CCOCC4)c23)c1C)c1cccc2c1C(=O)N(C1CCC(=O)NC1=O)C2=N. The fourth-order valence-corrected chi connectivity index (χ4v) is 9.73. The van der Waals surface area contributed by atoms with Gasteiger partial charge >= 0.3 is 5.97 Å². The minimum Gasteiger partial charge on any atom is -0.494 e. The number of imide groups is 1. The molecule has 8 rings (SSSR count). The fraction of sp³-hybridized carbons (Fsp3) is 0.408. The van der Waals surface area contributed by atoms with E-state index in [-0.39, 0.29) is 30.6 Å². The minimum absolute atomic E-state index is 0.0636. The van der Waals surface area contributed by atoms with Crippen molar-refractivity contribution in [3.05, 3.63) is 98.5 Å². The van der Waals surface area contributed by atoms with E-state index in [0.29, 0.717) is 81.2 Å². The van der Waals surface area contributed by atoms with Gasteiger partial charge in [-0.05, 0) is 81.8 Å². The van der Waals surface area contributed by atoms with E-state index in [1.807, 2.05) is 43.7 Å². The van der Waals surface area contributed by atoms with Gasteiger partial charge in [0, 0.05) is 84.4 Å². The first-order valence-corrected chi connectivity index (χ1v) is 22.6. The lowest BCUT2D eigenvalue weighted by Crippen LogP contribution is -2.54. The number of nitrogens with one attached hydrogen (secondary N) is 2. The average Bonchev–Trinajstić information content (AvgIpc) is 3.87. The van der Waals surface area contributed by atoms with Crippen LogP contribution in [0.15, 0.2) is 48.5 Å². The maximum absolute atomic E-state index is 13.9. The third kappa shape index (κ3) is 8.84. The summed E-state index contributed by atoms with van der Waals surface area (Å²) in [6.07, 6.45) is 2.14. The number of carbonyl (C=O) groups excluding carboxylic acids is 4. The van der Waals surface area contributed by atoms with E-state index in [0.717, 1.165) is 80.5 Å². The Labute approximate surface area is 383 Å². The molecule has 0 saturated carbocycles. The summed E-state index contributed by atoms with van der Waals surface area (Å²) in [5.41, 5.74) is 9.43. The number of aryl methyl sites for hydroxylation is 5. The molecule has 16 heteroatoms. The van der Waals surface area contributed by atoms with Gasteiger partial charge in [-0.15, -0.1) is 0 Å². The van der Waals surface area contributed by atoms with Crippen LogP contribution in [0.2, 0.25) is 5.02 Å². The van der Waals surface area contributed by atoms with Crippen LogP contribution in [-0.2, 0) is 38.6 Å². The van der Waals surface area contributed by atoms with Crippen LogP contribution >= 0.6 is 11.6 Å². The third-order valence-corrected chi connectivity index (χ3v) is 13.4. The number of morpholine rings is 1. The van der Waals surface area contributed by atoms with Crippen LogP contribution in [0.4, 0.5) is 5.69 Å². The van der Waals surface area contributed by atoms with Crippen molar-refractivity contribution in [2.75, 3.05) is 53.1 Å². The van der Waals surface area contributed by atoms with Crippen LogP contribution in [0.1, 0.15) is 80.2 Å². The number of piperidine rings is 1. The second-order valence-electron chi connectivity index (χ2n) is 17.0. The highest BCUT2D eigenvalue weighted by Crippen LogP contribution is 2.39. The number of rotatable bonds is 16. The summed E-state index contributed by atoms with van der Waals surface area (Å²) in [4.78, 5) is 55.8. The van der Waals surface area contributed by atoms with Gasteiger partial charge in [0.25, 0.3) is 5.91 Å². The second kappa shape index (κ2) is 19.1. The summed E-state index contributed by atoms with van der Waals surface area (Å²) >= 11 is 6.42. The molecule has 2 fully saturated rings. The molecule has 3 aromatic carbocycles. The number of methoxy groups -OCH3 is 1. The molecule has 0 aliphatic carbocycles. The third-order valence-electron chi connectivity index (χ3n) is 12.8. The smallest absolute Gasteiger partial charge is 0.354 e. The predicted molar refractivity (Wildman–Crippen MR) is 248 cm³/mol. The van der Waals surface area contributed by atoms with E-state index in [1.165, 1.54) is 12.0 Å². The quantitative estimate of drug-likeness (QED) is 0.0368. The van der Waals surface area contributed by atoms with Crippen molar-refractivity contribution in [3.8, 4) is 16.9 Å². The summed E-state index contributed by atoms with van der Waals surface area (Å²) < 4.78 is 23.2. The number of carbonyl (C=O) groups is 4. The van der Waals surface area contributed by atoms with Crippen molar-refractivity contribution >= 4 is 64.4 Å². The molecule has 340 valence electrons. The number of ether oxygens (including phenoxy) is 3. The summed E-state index contributed by atoms with van der Waals surface area (Å²) in [6, 6.07) is 14.5. The lowest BCUT2D eigenvalue weighted by molar-refractivity contribution is -0.432. The summed E-state index contributed by atoms with van der Waals surface area (Å²) in [6.45, 7) is 18.0. The molecule has 5 aromatic rings. The number of amidine groups is 1. The normalized spacial score (nSPS) is 16.6. The summed E-state index contributed by atoms with van der Waals surface area (Å²) in [7, 11) is 1.43. The standard InChI is InChI=1S/C49H55ClN8O7/c1-29-27-33(28-30(2)43(29)50)65-24-9-14-35-34-11-7-12-36(44(34)56(45(35)49(62)63-6)21-20-55-22-25-64-26-23-55)41-31(3)53-57(32(41)4)19-10-18-54(5)38-15-8-13-37-42(38)48(61)58(46(37)51)39-16-17-40(59)52-47(39)60/h7-8,11-13,15,27-28,39,51H,5,9-10,14,16-26H2,1-4,6H3/p+1. The molecule has 1 atom stereocenters. The predicted octanol–water partition coefficient (Wildman–Crippen LogP) is 6.54.